The van der Waals surface area contributed by atoms with E-state index in [9.17, 15) is 0 Å². The molecule has 0 radical (unpaired) electrons. The van der Waals surface area contributed by atoms with Gasteiger partial charge in [0.25, 0.3) is 0 Å². The minimum Gasteiger partial charge on any atom is -0.389 e. The van der Waals surface area contributed by atoms with E-state index >= 15 is 0 Å². The molecule has 9 nitrogen and oxygen atoms in total. The molecule has 0 unspecified atom stereocenters. The number of nitrogens with one attached hydrogen (secondary N) is 1. The first-order valence-electron chi connectivity index (χ1n) is 13.0. The molecule has 40 heavy (non-hydrogen) atoms. The van der Waals surface area contributed by atoms with Gasteiger partial charge in [-0.2, -0.15) is 5.10 Å². The first kappa shape index (κ1) is 27.9. The predicted octanol–water partition coefficient (Wildman–Crippen LogP) is 5.29. The lowest BCUT2D eigenvalue weighted by atomic mass is 10.0. The maximum absolute atomic E-state index is 5.96. The lowest BCUT2D eigenvalue weighted by molar-refractivity contribution is 0.402. The third-order valence-corrected chi connectivity index (χ3v) is 8.35. The van der Waals surface area contributed by atoms with Crippen molar-refractivity contribution < 1.29 is 0 Å². The van der Waals surface area contributed by atoms with E-state index in [1.165, 1.54) is 39.2 Å². The number of thiocarbonyl (C=S) groups is 1. The Hall–Kier alpha value is -3.67. The highest BCUT2D eigenvalue weighted by Gasteiger charge is 2.25. The summed E-state index contributed by atoms with van der Waals surface area (Å²) in [6, 6.07) is 17.4. The standard InChI is InChI=1S/C28H31N9S2.ClH/c1-17-12-25(35(2)34-17)36-10-8-21(9-11-36)37-16-23(19-4-3-5-20(14-19)26(29)38)22-7-6-18(13-24(22)37)15-31-28-33-32-27(30)39-28;/h3-7,12-14,16,21H,8-11,15H2,1-2H3,(H2,29,38)(H2,30,32)(H,31,33);1H. The second-order valence-corrected chi connectivity index (χ2v) is 11.5. The Morgan fingerprint density at radius 2 is 1.93 bits per heavy atom. The molecule has 5 aromatic rings. The summed E-state index contributed by atoms with van der Waals surface area (Å²) in [5.41, 5.74) is 18.3. The summed E-state index contributed by atoms with van der Waals surface area (Å²) < 4.78 is 4.45. The zero-order chi connectivity index (χ0) is 27.1. The van der Waals surface area contributed by atoms with Crippen molar-refractivity contribution in [2.45, 2.75) is 32.4 Å². The van der Waals surface area contributed by atoms with E-state index in [2.05, 4.69) is 72.7 Å². The molecule has 1 saturated heterocycles. The number of hydrogen-bond donors (Lipinski definition) is 3. The van der Waals surface area contributed by atoms with Crippen LogP contribution in [0.5, 0.6) is 0 Å². The number of halogens is 1. The van der Waals surface area contributed by atoms with Crippen LogP contribution in [0.1, 0.15) is 35.7 Å². The van der Waals surface area contributed by atoms with Gasteiger partial charge in [-0.15, -0.1) is 22.6 Å². The minimum absolute atomic E-state index is 0. The van der Waals surface area contributed by atoms with Crippen molar-refractivity contribution in [2.24, 2.45) is 12.8 Å². The number of nitrogens with zero attached hydrogens (tertiary/aromatic N) is 6. The van der Waals surface area contributed by atoms with Crippen LogP contribution in [0.15, 0.2) is 54.7 Å². The van der Waals surface area contributed by atoms with Crippen LogP contribution in [-0.4, -0.2) is 42.6 Å². The number of nitrogens with two attached hydrogens (primary N) is 2. The van der Waals surface area contributed by atoms with Crippen LogP contribution in [0.4, 0.5) is 16.1 Å². The molecule has 1 aliphatic heterocycles. The van der Waals surface area contributed by atoms with Crippen LogP contribution in [0.25, 0.3) is 22.0 Å². The molecule has 0 saturated carbocycles. The van der Waals surface area contributed by atoms with Crippen LogP contribution < -0.4 is 21.7 Å². The lowest BCUT2D eigenvalue weighted by Crippen LogP contribution is -2.35. The van der Waals surface area contributed by atoms with Crippen LogP contribution in [0.2, 0.25) is 0 Å². The van der Waals surface area contributed by atoms with Crippen LogP contribution in [-0.2, 0) is 13.6 Å². The second kappa shape index (κ2) is 11.4. The third kappa shape index (κ3) is 5.49. The number of anilines is 3. The number of nitrogen functional groups attached to an aromatic ring is 1. The van der Waals surface area contributed by atoms with E-state index in [0.29, 0.717) is 22.7 Å². The Balaban J connectivity index is 0.00000323. The van der Waals surface area contributed by atoms with Crippen molar-refractivity contribution in [1.82, 2.24) is 24.5 Å². The van der Waals surface area contributed by atoms with Crippen molar-refractivity contribution in [3.8, 4) is 11.1 Å². The summed E-state index contributed by atoms with van der Waals surface area (Å²) >= 11 is 6.61. The number of benzene rings is 2. The normalized spacial score (nSPS) is 13.9. The van der Waals surface area contributed by atoms with Crippen LogP contribution >= 0.6 is 36.0 Å². The molecular formula is C28H32ClN9S2. The monoisotopic (exact) mass is 593 g/mol. The molecule has 2 aromatic carbocycles. The van der Waals surface area contributed by atoms with E-state index in [4.69, 9.17) is 23.7 Å². The van der Waals surface area contributed by atoms with Gasteiger partial charge in [0.2, 0.25) is 10.3 Å². The third-order valence-electron chi connectivity index (χ3n) is 7.40. The Morgan fingerprint density at radius 3 is 2.60 bits per heavy atom. The average molecular weight is 594 g/mol. The molecule has 1 aliphatic rings. The van der Waals surface area contributed by atoms with Gasteiger partial charge in [0.05, 0.1) is 5.69 Å². The molecule has 4 heterocycles. The molecule has 3 aromatic heterocycles. The quantitative estimate of drug-likeness (QED) is 0.218. The fourth-order valence-corrected chi connectivity index (χ4v) is 6.16. The maximum atomic E-state index is 5.96. The summed E-state index contributed by atoms with van der Waals surface area (Å²) in [6.07, 6.45) is 4.40. The summed E-state index contributed by atoms with van der Waals surface area (Å²) in [5.74, 6) is 1.18. The smallest absolute Gasteiger partial charge is 0.207 e. The van der Waals surface area contributed by atoms with Gasteiger partial charge in [-0.3, -0.25) is 4.68 Å². The number of hydrogen-bond acceptors (Lipinski definition) is 8. The average Bonchev–Trinajstić information content (AvgIpc) is 3.63. The van der Waals surface area contributed by atoms with Gasteiger partial charge in [-0.05, 0) is 43.0 Å². The molecular weight excluding hydrogens is 562 g/mol. The summed E-state index contributed by atoms with van der Waals surface area (Å²) in [7, 11) is 2.02. The molecule has 208 valence electrons. The van der Waals surface area contributed by atoms with E-state index in [1.54, 1.807) is 0 Å². The van der Waals surface area contributed by atoms with Gasteiger partial charge in [0, 0.05) is 67.0 Å². The van der Waals surface area contributed by atoms with Gasteiger partial charge in [0.1, 0.15) is 10.8 Å². The molecule has 5 N–H and O–H groups in total. The fraction of sp³-hybridized carbons (Fsp3) is 0.286. The highest BCUT2D eigenvalue weighted by molar-refractivity contribution is 7.80. The van der Waals surface area contributed by atoms with Crippen molar-refractivity contribution in [3.05, 3.63) is 71.5 Å². The molecule has 0 aliphatic carbocycles. The second-order valence-electron chi connectivity index (χ2n) is 10.0. The zero-order valence-corrected chi connectivity index (χ0v) is 24.8. The minimum atomic E-state index is 0. The summed E-state index contributed by atoms with van der Waals surface area (Å²) in [6.45, 7) is 4.65. The van der Waals surface area contributed by atoms with Crippen LogP contribution in [0.3, 0.4) is 0 Å². The SMILES string of the molecule is Cc1cc(N2CCC(n3cc(-c4cccc(C(N)=S)c4)c4ccc(CNc5nnc(N)s5)cc43)CC2)n(C)n1.Cl. The lowest BCUT2D eigenvalue weighted by Gasteiger charge is -2.34. The Kier molecular flexibility index (Phi) is 7.97. The van der Waals surface area contributed by atoms with Gasteiger partial charge < -0.3 is 26.3 Å². The number of piperidine rings is 1. The molecule has 0 amide bonds. The van der Waals surface area contributed by atoms with Gasteiger partial charge >= 0.3 is 0 Å². The van der Waals surface area contributed by atoms with E-state index in [-0.39, 0.29) is 12.4 Å². The molecule has 0 bridgehead atoms. The Morgan fingerprint density at radius 1 is 1.12 bits per heavy atom. The molecule has 6 rings (SSSR count). The number of aryl methyl sites for hydroxylation is 2. The molecule has 0 atom stereocenters. The van der Waals surface area contributed by atoms with Crippen LogP contribution in [0, 0.1) is 6.92 Å². The van der Waals surface area contributed by atoms with Gasteiger partial charge in [-0.1, -0.05) is 53.9 Å². The number of fused-ring (bicyclic) bond motifs is 1. The van der Waals surface area contributed by atoms with E-state index in [1.807, 2.05) is 30.8 Å². The first-order chi connectivity index (χ1) is 18.9. The summed E-state index contributed by atoms with van der Waals surface area (Å²) in [4.78, 5) is 2.85. The van der Waals surface area contributed by atoms with E-state index < -0.39 is 0 Å². The highest BCUT2D eigenvalue weighted by atomic mass is 35.5. The van der Waals surface area contributed by atoms with Crippen molar-refractivity contribution in [1.29, 1.82) is 0 Å². The first-order valence-corrected chi connectivity index (χ1v) is 14.2. The van der Waals surface area contributed by atoms with Gasteiger partial charge in [-0.25, -0.2) is 0 Å². The Labute approximate surface area is 248 Å². The topological polar surface area (TPSA) is 116 Å². The number of rotatable bonds is 7. The van der Waals surface area contributed by atoms with Crippen molar-refractivity contribution in [2.75, 3.05) is 29.0 Å². The largest absolute Gasteiger partial charge is 0.389 e. The van der Waals surface area contributed by atoms with E-state index in [0.717, 1.165) is 47.9 Å². The summed E-state index contributed by atoms with van der Waals surface area (Å²) in [5, 5.41) is 18.3. The van der Waals surface area contributed by atoms with Crippen molar-refractivity contribution in [3.63, 3.8) is 0 Å². The van der Waals surface area contributed by atoms with Gasteiger partial charge in [0.15, 0.2) is 0 Å². The van der Waals surface area contributed by atoms with Crippen molar-refractivity contribution >= 4 is 67.9 Å². The predicted molar refractivity (Wildman–Crippen MR) is 171 cm³/mol. The maximum Gasteiger partial charge on any atom is 0.207 e. The molecule has 0 spiro atoms. The highest BCUT2D eigenvalue weighted by Crippen LogP contribution is 2.37. The Bertz CT molecular complexity index is 1660. The number of aromatic nitrogens is 5. The fourth-order valence-electron chi connectivity index (χ4n) is 5.53. The molecule has 12 heteroatoms. The zero-order valence-electron chi connectivity index (χ0n) is 22.4. The molecule has 1 fully saturated rings.